The first-order valence-electron chi connectivity index (χ1n) is 6.38. The Hall–Kier alpha value is -1.95. The highest BCUT2D eigenvalue weighted by Gasteiger charge is 2.03. The van der Waals surface area contributed by atoms with Crippen LogP contribution >= 0.6 is 34.3 Å². The smallest absolute Gasteiger partial charge is 0.266 e. The van der Waals surface area contributed by atoms with E-state index in [0.29, 0.717) is 19.8 Å². The van der Waals surface area contributed by atoms with Crippen LogP contribution in [0.2, 0.25) is 5.02 Å². The zero-order valence-electron chi connectivity index (χ0n) is 11.2. The van der Waals surface area contributed by atoms with Crippen LogP contribution in [0.3, 0.4) is 0 Å². The van der Waals surface area contributed by atoms with Crippen LogP contribution in [0.15, 0.2) is 46.6 Å². The number of hydrogen-bond donors (Lipinski definition) is 1. The molecular formula is C16H10ClNO2S2. The summed E-state index contributed by atoms with van der Waals surface area (Å²) in [7, 11) is 0. The van der Waals surface area contributed by atoms with Gasteiger partial charge in [-0.2, -0.15) is 0 Å². The molecule has 0 unspecified atom stereocenters. The van der Waals surface area contributed by atoms with Crippen molar-refractivity contribution in [1.29, 1.82) is 0 Å². The zero-order valence-corrected chi connectivity index (χ0v) is 13.6. The molecule has 0 fully saturated rings. The van der Waals surface area contributed by atoms with Crippen molar-refractivity contribution in [2.75, 3.05) is 0 Å². The van der Waals surface area contributed by atoms with Crippen LogP contribution in [0.5, 0.6) is 0 Å². The summed E-state index contributed by atoms with van der Waals surface area (Å²) >= 11 is 8.62. The predicted molar refractivity (Wildman–Crippen MR) is 92.3 cm³/mol. The van der Waals surface area contributed by atoms with E-state index in [1.807, 2.05) is 23.6 Å². The summed E-state index contributed by atoms with van der Waals surface area (Å²) in [6.45, 7) is 0. The summed E-state index contributed by atoms with van der Waals surface area (Å²) in [5.74, 6) is -0.170. The van der Waals surface area contributed by atoms with Gasteiger partial charge in [-0.1, -0.05) is 17.7 Å². The average Bonchev–Trinajstić information content (AvgIpc) is 3.11. The molecule has 1 aromatic carbocycles. The minimum absolute atomic E-state index is 0.170. The van der Waals surface area contributed by atoms with Crippen LogP contribution < -0.4 is 14.8 Å². The van der Waals surface area contributed by atoms with Crippen LogP contribution in [0.25, 0.3) is 12.2 Å². The number of benzene rings is 1. The maximum atomic E-state index is 12.1. The van der Waals surface area contributed by atoms with Gasteiger partial charge in [-0.3, -0.25) is 9.59 Å². The van der Waals surface area contributed by atoms with Gasteiger partial charge in [-0.25, -0.2) is 0 Å². The number of carbonyl (C=O) groups excluding carboxylic acids is 1. The Morgan fingerprint density at radius 2 is 1.95 bits per heavy atom. The van der Waals surface area contributed by atoms with E-state index >= 15 is 0 Å². The molecule has 22 heavy (non-hydrogen) atoms. The Morgan fingerprint density at radius 3 is 2.64 bits per heavy atom. The number of aromatic nitrogens is 1. The van der Waals surface area contributed by atoms with Crippen molar-refractivity contribution < 1.29 is 4.79 Å². The molecule has 0 aliphatic carbocycles. The molecule has 0 spiro atoms. The third kappa shape index (κ3) is 3.44. The van der Waals surface area contributed by atoms with Crippen molar-refractivity contribution in [3.63, 3.8) is 0 Å². The molecule has 0 aliphatic rings. The number of halogens is 1. The predicted octanol–water partition coefficient (Wildman–Crippen LogP) is 2.64. The molecule has 3 nitrogen and oxygen atoms in total. The lowest BCUT2D eigenvalue weighted by Crippen LogP contribution is -2.19. The number of aromatic amines is 1. The lowest BCUT2D eigenvalue weighted by atomic mass is 10.1. The first-order chi connectivity index (χ1) is 10.6. The van der Waals surface area contributed by atoms with Gasteiger partial charge in [-0.05, 0) is 41.8 Å². The minimum Gasteiger partial charge on any atom is -0.313 e. The number of rotatable bonds is 3. The number of H-pyrrole nitrogens is 1. The SMILES string of the molecule is O=C(/C=c1/[nH]c(=O)/c(=C/c2cccs2)s1)c1ccc(Cl)cc1. The van der Waals surface area contributed by atoms with Gasteiger partial charge in [0.2, 0.25) is 0 Å². The Bertz CT molecular complexity index is 967. The first kappa shape index (κ1) is 15.0. The molecular weight excluding hydrogens is 338 g/mol. The second-order valence-electron chi connectivity index (χ2n) is 4.46. The lowest BCUT2D eigenvalue weighted by molar-refractivity contribution is 0.106. The summed E-state index contributed by atoms with van der Waals surface area (Å²) in [5, 5.41) is 2.53. The molecule has 3 rings (SSSR count). The van der Waals surface area contributed by atoms with Crippen LogP contribution in [0, 0.1) is 0 Å². The summed E-state index contributed by atoms with van der Waals surface area (Å²) in [6.07, 6.45) is 3.25. The highest BCUT2D eigenvalue weighted by atomic mass is 35.5. The molecule has 2 heterocycles. The van der Waals surface area contributed by atoms with E-state index in [2.05, 4.69) is 4.98 Å². The molecule has 0 radical (unpaired) electrons. The molecule has 110 valence electrons. The fourth-order valence-electron chi connectivity index (χ4n) is 1.84. The van der Waals surface area contributed by atoms with Crippen LogP contribution in [-0.2, 0) is 0 Å². The molecule has 0 aliphatic heterocycles. The Kier molecular flexibility index (Phi) is 4.38. The normalized spacial score (nSPS) is 12.8. The van der Waals surface area contributed by atoms with E-state index in [-0.39, 0.29) is 11.3 Å². The Morgan fingerprint density at radius 1 is 1.18 bits per heavy atom. The molecule has 0 saturated heterocycles. The number of Topliss-reactive ketones (excluding diaryl/α,β-unsaturated/α-hetero) is 1. The Labute approximate surface area is 138 Å². The van der Waals surface area contributed by atoms with Gasteiger partial charge in [0.25, 0.3) is 5.56 Å². The van der Waals surface area contributed by atoms with E-state index in [0.717, 1.165) is 4.88 Å². The number of thiophene rings is 1. The average molecular weight is 348 g/mol. The van der Waals surface area contributed by atoms with E-state index < -0.39 is 0 Å². The summed E-state index contributed by atoms with van der Waals surface area (Å²) < 4.78 is 1.12. The monoisotopic (exact) mass is 347 g/mol. The molecule has 0 saturated carbocycles. The summed E-state index contributed by atoms with van der Waals surface area (Å²) in [6, 6.07) is 10.5. The molecule has 0 atom stereocenters. The zero-order chi connectivity index (χ0) is 15.5. The van der Waals surface area contributed by atoms with Gasteiger partial charge < -0.3 is 4.98 Å². The lowest BCUT2D eigenvalue weighted by Gasteiger charge is -1.94. The molecule has 6 heteroatoms. The van der Waals surface area contributed by atoms with Crippen LogP contribution in [0.4, 0.5) is 0 Å². The van der Waals surface area contributed by atoms with Gasteiger partial charge in [-0.15, -0.1) is 22.7 Å². The van der Waals surface area contributed by atoms with Gasteiger partial charge in [0.1, 0.15) is 0 Å². The number of thiazole rings is 1. The topological polar surface area (TPSA) is 49.9 Å². The van der Waals surface area contributed by atoms with E-state index in [9.17, 15) is 9.59 Å². The highest BCUT2D eigenvalue weighted by molar-refractivity contribution is 7.11. The molecule has 3 aromatic rings. The fraction of sp³-hybridized carbons (Fsp3) is 0. The third-order valence-electron chi connectivity index (χ3n) is 2.89. The number of carbonyl (C=O) groups is 1. The van der Waals surface area contributed by atoms with Crippen molar-refractivity contribution in [3.8, 4) is 0 Å². The second-order valence-corrected chi connectivity index (χ2v) is 6.96. The Balaban J connectivity index is 1.97. The second kappa shape index (κ2) is 6.44. The van der Waals surface area contributed by atoms with Crippen LogP contribution in [-0.4, -0.2) is 10.8 Å². The maximum Gasteiger partial charge on any atom is 0.266 e. The standard InChI is InChI=1S/C16H10ClNO2S2/c17-11-5-3-10(4-6-11)13(19)9-15-18-16(20)14(22-15)8-12-2-1-7-21-12/h1-9H,(H,18,20)/b14-8-,15-9-. The number of nitrogens with one attached hydrogen (secondary N) is 1. The van der Waals surface area contributed by atoms with E-state index in [4.69, 9.17) is 11.6 Å². The molecule has 0 bridgehead atoms. The fourth-order valence-corrected chi connectivity index (χ4v) is 3.58. The van der Waals surface area contributed by atoms with Gasteiger partial charge in [0.05, 0.1) is 9.20 Å². The number of ketones is 1. The first-order valence-corrected chi connectivity index (χ1v) is 8.45. The summed E-state index contributed by atoms with van der Waals surface area (Å²) in [5.41, 5.74) is 0.344. The van der Waals surface area contributed by atoms with Crippen molar-refractivity contribution in [1.82, 2.24) is 4.98 Å². The van der Waals surface area contributed by atoms with Crippen molar-refractivity contribution in [2.45, 2.75) is 0 Å². The third-order valence-corrected chi connectivity index (χ3v) is 4.92. The quantitative estimate of drug-likeness (QED) is 0.740. The molecule has 1 N–H and O–H groups in total. The van der Waals surface area contributed by atoms with Gasteiger partial charge in [0.15, 0.2) is 5.78 Å². The van der Waals surface area contributed by atoms with Crippen molar-refractivity contribution >= 4 is 52.2 Å². The van der Waals surface area contributed by atoms with Crippen molar-refractivity contribution in [3.05, 3.63) is 76.8 Å². The largest absolute Gasteiger partial charge is 0.313 e. The van der Waals surface area contributed by atoms with Crippen molar-refractivity contribution in [2.24, 2.45) is 0 Å². The molecule has 0 amide bonds. The summed E-state index contributed by atoms with van der Waals surface area (Å²) in [4.78, 5) is 27.8. The molecule has 2 aromatic heterocycles. The minimum atomic E-state index is -0.187. The number of hydrogen-bond acceptors (Lipinski definition) is 4. The highest BCUT2D eigenvalue weighted by Crippen LogP contribution is 2.10. The van der Waals surface area contributed by atoms with E-state index in [1.54, 1.807) is 35.6 Å². The van der Waals surface area contributed by atoms with Gasteiger partial charge in [0, 0.05) is 21.5 Å². The van der Waals surface area contributed by atoms with E-state index in [1.165, 1.54) is 17.4 Å². The van der Waals surface area contributed by atoms with Gasteiger partial charge >= 0.3 is 0 Å². The van der Waals surface area contributed by atoms with Crippen LogP contribution in [0.1, 0.15) is 15.2 Å². The maximum absolute atomic E-state index is 12.1.